The van der Waals surface area contributed by atoms with Gasteiger partial charge in [-0.3, -0.25) is 9.20 Å². The Morgan fingerprint density at radius 3 is 2.92 bits per heavy atom. The van der Waals surface area contributed by atoms with Crippen LogP contribution in [0.3, 0.4) is 0 Å². The van der Waals surface area contributed by atoms with Gasteiger partial charge in [0.05, 0.1) is 22.9 Å². The molecule has 2 aliphatic heterocycles. The maximum atomic E-state index is 12.3. The van der Waals surface area contributed by atoms with Gasteiger partial charge in [-0.05, 0) is 19.6 Å². The second-order valence-electron chi connectivity index (χ2n) is 5.94. The average Bonchev–Trinajstić information content (AvgIpc) is 3.15. The minimum Gasteiger partial charge on any atom is -0.477 e. The average molecular weight is 365 g/mol. The molecule has 1 fully saturated rings. The Hall–Kier alpha value is -1.84. The predicted molar refractivity (Wildman–Crippen MR) is 89.8 cm³/mol. The molecular formula is C15H15N3O4S2. The Labute approximate surface area is 145 Å². The maximum absolute atomic E-state index is 12.3. The molecule has 9 heteroatoms. The van der Waals surface area contributed by atoms with Gasteiger partial charge in [-0.15, -0.1) is 23.1 Å². The van der Waals surface area contributed by atoms with E-state index in [0.717, 1.165) is 14.7 Å². The van der Waals surface area contributed by atoms with E-state index in [-0.39, 0.29) is 17.6 Å². The summed E-state index contributed by atoms with van der Waals surface area (Å²) in [6.45, 7) is 1.57. The number of aromatic nitrogens is 2. The zero-order valence-corrected chi connectivity index (χ0v) is 14.6. The Bertz CT molecular complexity index is 898. The van der Waals surface area contributed by atoms with Gasteiger partial charge in [0, 0.05) is 11.8 Å². The third-order valence-electron chi connectivity index (χ3n) is 4.60. The number of aliphatic hydroxyl groups excluding tert-OH is 1. The Balaban J connectivity index is 1.79. The Kier molecular flexibility index (Phi) is 3.48. The lowest BCUT2D eigenvalue weighted by molar-refractivity contribution is -0.161. The molecule has 7 nitrogen and oxygen atoms in total. The number of fused-ring (bicyclic) bond motifs is 2. The van der Waals surface area contributed by atoms with E-state index in [2.05, 4.69) is 4.98 Å². The maximum Gasteiger partial charge on any atom is 0.352 e. The van der Waals surface area contributed by atoms with Crippen molar-refractivity contribution in [3.05, 3.63) is 23.1 Å². The largest absolute Gasteiger partial charge is 0.477 e. The number of carboxylic acid groups (broad SMARTS) is 1. The van der Waals surface area contributed by atoms with Gasteiger partial charge in [-0.2, -0.15) is 0 Å². The van der Waals surface area contributed by atoms with Crippen molar-refractivity contribution in [2.24, 2.45) is 5.92 Å². The van der Waals surface area contributed by atoms with Gasteiger partial charge in [0.2, 0.25) is 5.91 Å². The molecule has 0 aliphatic carbocycles. The van der Waals surface area contributed by atoms with Crippen LogP contribution >= 0.6 is 23.1 Å². The van der Waals surface area contributed by atoms with Crippen molar-refractivity contribution in [2.75, 3.05) is 6.26 Å². The van der Waals surface area contributed by atoms with Gasteiger partial charge in [-0.1, -0.05) is 0 Å². The second kappa shape index (κ2) is 5.33. The minimum atomic E-state index is -1.11. The van der Waals surface area contributed by atoms with Crippen molar-refractivity contribution in [1.29, 1.82) is 0 Å². The van der Waals surface area contributed by atoms with Crippen molar-refractivity contribution >= 4 is 45.4 Å². The fourth-order valence-electron chi connectivity index (χ4n) is 3.55. The number of thioether (sulfide) groups is 1. The van der Waals surface area contributed by atoms with Crippen LogP contribution in [0.15, 0.2) is 23.2 Å². The Morgan fingerprint density at radius 1 is 1.54 bits per heavy atom. The van der Waals surface area contributed by atoms with E-state index < -0.39 is 18.0 Å². The van der Waals surface area contributed by atoms with Gasteiger partial charge in [0.1, 0.15) is 21.9 Å². The molecule has 3 atom stereocenters. The highest BCUT2D eigenvalue weighted by atomic mass is 32.2. The van der Waals surface area contributed by atoms with Crippen LogP contribution in [-0.4, -0.2) is 54.8 Å². The smallest absolute Gasteiger partial charge is 0.352 e. The number of hydrogen-bond acceptors (Lipinski definition) is 6. The number of amides is 1. The first-order valence-electron chi connectivity index (χ1n) is 7.42. The summed E-state index contributed by atoms with van der Waals surface area (Å²) >= 11 is 3.01. The van der Waals surface area contributed by atoms with E-state index in [1.165, 1.54) is 28.0 Å². The number of nitrogens with zero attached hydrogens (tertiary/aromatic N) is 3. The number of carbonyl (C=O) groups excluding carboxylic acids is 1. The number of carboxylic acids is 1. The van der Waals surface area contributed by atoms with Crippen LogP contribution in [-0.2, 0) is 9.59 Å². The van der Waals surface area contributed by atoms with Crippen LogP contribution in [0.5, 0.6) is 0 Å². The van der Waals surface area contributed by atoms with E-state index in [9.17, 15) is 19.8 Å². The van der Waals surface area contributed by atoms with Crippen LogP contribution in [0.1, 0.15) is 18.2 Å². The van der Waals surface area contributed by atoms with Crippen molar-refractivity contribution in [1.82, 2.24) is 14.3 Å². The summed E-state index contributed by atoms with van der Waals surface area (Å²) < 4.78 is 1.88. The van der Waals surface area contributed by atoms with Crippen molar-refractivity contribution < 1.29 is 19.8 Å². The van der Waals surface area contributed by atoms with Crippen LogP contribution in [0, 0.1) is 5.92 Å². The van der Waals surface area contributed by atoms with Crippen molar-refractivity contribution in [2.45, 2.75) is 30.5 Å². The first-order valence-corrected chi connectivity index (χ1v) is 9.46. The van der Waals surface area contributed by atoms with Crippen LogP contribution in [0.25, 0.3) is 10.4 Å². The van der Waals surface area contributed by atoms with E-state index in [4.69, 9.17) is 0 Å². The molecule has 0 unspecified atom stereocenters. The number of aliphatic carboxylic acids is 1. The van der Waals surface area contributed by atoms with Crippen LogP contribution in [0.4, 0.5) is 0 Å². The molecule has 0 bridgehead atoms. The number of aliphatic hydroxyl groups is 1. The number of imidazole rings is 1. The molecule has 24 heavy (non-hydrogen) atoms. The lowest BCUT2D eigenvalue weighted by atomic mass is 9.83. The molecule has 2 aromatic heterocycles. The normalized spacial score (nSPS) is 24.5. The molecule has 0 spiro atoms. The number of hydrogen-bond donors (Lipinski definition) is 2. The lowest BCUT2D eigenvalue weighted by Crippen LogP contribution is -2.61. The minimum absolute atomic E-state index is 0.0464. The summed E-state index contributed by atoms with van der Waals surface area (Å²) in [5.74, 6) is -1.94. The molecule has 0 radical (unpaired) electrons. The van der Waals surface area contributed by atoms with E-state index >= 15 is 0 Å². The van der Waals surface area contributed by atoms with E-state index in [1.54, 1.807) is 13.3 Å². The summed E-state index contributed by atoms with van der Waals surface area (Å²) in [5.41, 5.74) is 0.704. The van der Waals surface area contributed by atoms with E-state index in [0.29, 0.717) is 12.0 Å². The third kappa shape index (κ3) is 1.98. The topological polar surface area (TPSA) is 95.1 Å². The standard InChI is InChI=1S/C15H15N3O4S2/c1-6(19)10-8-3-7(11(15(21)22)18(8)13(10)20)9-4-17-5-16-12(23-2)14(17)24-9/h4-6,8,10,19H,3H2,1-2H3,(H,21,22)/t6-,8-,10-/m1/s1. The highest BCUT2D eigenvalue weighted by Gasteiger charge is 2.56. The summed E-state index contributed by atoms with van der Waals surface area (Å²) in [4.78, 5) is 31.4. The molecule has 2 N–H and O–H groups in total. The number of rotatable bonds is 4. The van der Waals surface area contributed by atoms with Gasteiger partial charge >= 0.3 is 5.97 Å². The zero-order valence-electron chi connectivity index (χ0n) is 13.0. The van der Waals surface area contributed by atoms with Gasteiger partial charge < -0.3 is 15.1 Å². The fourth-order valence-corrected chi connectivity index (χ4v) is 5.38. The Morgan fingerprint density at radius 2 is 2.29 bits per heavy atom. The monoisotopic (exact) mass is 365 g/mol. The van der Waals surface area contributed by atoms with E-state index in [1.807, 2.05) is 16.9 Å². The first kappa shape index (κ1) is 15.7. The quantitative estimate of drug-likeness (QED) is 0.630. The molecule has 4 rings (SSSR count). The van der Waals surface area contributed by atoms with Crippen LogP contribution in [0.2, 0.25) is 0 Å². The molecule has 0 aromatic carbocycles. The molecule has 126 valence electrons. The summed E-state index contributed by atoms with van der Waals surface area (Å²) in [7, 11) is 0. The molecule has 2 aliphatic rings. The van der Waals surface area contributed by atoms with Gasteiger partial charge in [0.25, 0.3) is 0 Å². The van der Waals surface area contributed by atoms with Gasteiger partial charge in [-0.25, -0.2) is 9.78 Å². The highest BCUT2D eigenvalue weighted by Crippen LogP contribution is 2.48. The molecule has 1 amide bonds. The number of β-lactam (4-membered cyclic amide) rings is 1. The summed E-state index contributed by atoms with van der Waals surface area (Å²) in [6, 6.07) is -0.266. The second-order valence-corrected chi connectivity index (χ2v) is 7.77. The van der Waals surface area contributed by atoms with Crippen LogP contribution < -0.4 is 0 Å². The number of carbonyl (C=O) groups is 2. The van der Waals surface area contributed by atoms with Gasteiger partial charge in [0.15, 0.2) is 0 Å². The zero-order chi connectivity index (χ0) is 17.2. The molecule has 0 saturated carbocycles. The fraction of sp³-hybridized carbons (Fsp3) is 0.400. The van der Waals surface area contributed by atoms with Crippen molar-refractivity contribution in [3.8, 4) is 0 Å². The lowest BCUT2D eigenvalue weighted by Gasteiger charge is -2.44. The summed E-state index contributed by atoms with van der Waals surface area (Å²) in [6.07, 6.45) is 5.18. The molecule has 2 aromatic rings. The SMILES string of the molecule is CSc1ncn2cc(C3=C(C(=O)O)N4C(=O)[C@H]([C@@H](C)O)[C@H]4C3)sc12. The molecule has 4 heterocycles. The number of thiazole rings is 1. The van der Waals surface area contributed by atoms with Crippen molar-refractivity contribution in [3.63, 3.8) is 0 Å². The predicted octanol–water partition coefficient (Wildman–Crippen LogP) is 1.52. The molecule has 1 saturated heterocycles. The first-order chi connectivity index (χ1) is 11.4. The summed E-state index contributed by atoms with van der Waals surface area (Å²) in [5, 5.41) is 20.3. The molecular weight excluding hydrogens is 350 g/mol. The third-order valence-corrected chi connectivity index (χ3v) is 6.59. The highest BCUT2D eigenvalue weighted by molar-refractivity contribution is 7.98.